The fraction of sp³-hybridized carbons (Fsp3) is 0.200. The molecule has 1 unspecified atom stereocenters. The van der Waals surface area contributed by atoms with Crippen molar-refractivity contribution in [2.75, 3.05) is 13.1 Å². The van der Waals surface area contributed by atoms with Crippen molar-refractivity contribution in [1.82, 2.24) is 20.0 Å². The van der Waals surface area contributed by atoms with Crippen molar-refractivity contribution in [3.63, 3.8) is 0 Å². The van der Waals surface area contributed by atoms with Gasteiger partial charge in [0.05, 0.1) is 0 Å². The van der Waals surface area contributed by atoms with Crippen LogP contribution in [0.2, 0.25) is 0 Å². The van der Waals surface area contributed by atoms with Crippen LogP contribution in [-0.2, 0) is 6.42 Å². The van der Waals surface area contributed by atoms with Crippen LogP contribution in [0, 0.1) is 0 Å². The summed E-state index contributed by atoms with van der Waals surface area (Å²) in [6.45, 7) is 4.10. The van der Waals surface area contributed by atoms with E-state index in [2.05, 4.69) is 69.4 Å². The normalized spacial score (nSPS) is 12.2. The highest BCUT2D eigenvalue weighted by Gasteiger charge is 2.04. The molecule has 0 saturated carbocycles. The number of nitrogens with zero attached hydrogens (tertiary/aromatic N) is 2. The summed E-state index contributed by atoms with van der Waals surface area (Å²) in [5.74, 6) is 0. The molecule has 0 bridgehead atoms. The fourth-order valence-electron chi connectivity index (χ4n) is 3.29. The summed E-state index contributed by atoms with van der Waals surface area (Å²) in [5, 5.41) is 5.95. The molecule has 5 heteroatoms. The number of nitrogens with one attached hydrogen (secondary N) is 2. The van der Waals surface area contributed by atoms with Crippen LogP contribution < -0.4 is 10.0 Å². The Morgan fingerprint density at radius 3 is 2.43 bits per heavy atom. The zero-order chi connectivity index (χ0) is 20.6. The van der Waals surface area contributed by atoms with Crippen LogP contribution >= 0.6 is 11.9 Å². The van der Waals surface area contributed by atoms with E-state index in [9.17, 15) is 0 Å². The van der Waals surface area contributed by atoms with Gasteiger partial charge >= 0.3 is 0 Å². The SMILES string of the molecule is CC(CNCCc1ccc(-c2ccncc2)cc1)NSc1ccc2cnccc2c1. The van der Waals surface area contributed by atoms with Crippen LogP contribution in [0.1, 0.15) is 12.5 Å². The van der Waals surface area contributed by atoms with Crippen LogP contribution in [0.5, 0.6) is 0 Å². The minimum absolute atomic E-state index is 0.372. The lowest BCUT2D eigenvalue weighted by Gasteiger charge is -2.14. The van der Waals surface area contributed by atoms with Crippen molar-refractivity contribution < 1.29 is 0 Å². The highest BCUT2D eigenvalue weighted by Crippen LogP contribution is 2.21. The van der Waals surface area contributed by atoms with Gasteiger partial charge in [0, 0.05) is 47.7 Å². The van der Waals surface area contributed by atoms with Crippen LogP contribution in [0.15, 0.2) is 90.3 Å². The van der Waals surface area contributed by atoms with Crippen LogP contribution in [0.3, 0.4) is 0 Å². The van der Waals surface area contributed by atoms with Gasteiger partial charge in [0.25, 0.3) is 0 Å². The number of pyridine rings is 2. The maximum absolute atomic E-state index is 4.17. The summed E-state index contributed by atoms with van der Waals surface area (Å²) in [6, 6.07) is 21.8. The van der Waals surface area contributed by atoms with E-state index in [0.29, 0.717) is 6.04 Å². The molecule has 0 aliphatic rings. The van der Waals surface area contributed by atoms with Gasteiger partial charge in [-0.1, -0.05) is 30.3 Å². The molecule has 0 fully saturated rings. The number of hydrogen-bond acceptors (Lipinski definition) is 5. The lowest BCUT2D eigenvalue weighted by atomic mass is 10.0. The van der Waals surface area contributed by atoms with Gasteiger partial charge in [0.1, 0.15) is 0 Å². The molecule has 2 aromatic heterocycles. The van der Waals surface area contributed by atoms with Gasteiger partial charge in [0.15, 0.2) is 0 Å². The molecule has 4 nitrogen and oxygen atoms in total. The Balaban J connectivity index is 1.18. The molecule has 4 rings (SSSR count). The molecule has 0 radical (unpaired) electrons. The van der Waals surface area contributed by atoms with Gasteiger partial charge < -0.3 is 5.32 Å². The summed E-state index contributed by atoms with van der Waals surface area (Å²) < 4.78 is 3.52. The molecule has 2 heterocycles. The summed E-state index contributed by atoms with van der Waals surface area (Å²) in [5.41, 5.74) is 3.78. The molecule has 2 N–H and O–H groups in total. The third-order valence-electron chi connectivity index (χ3n) is 5.00. The van der Waals surface area contributed by atoms with E-state index in [1.807, 2.05) is 43.0 Å². The van der Waals surface area contributed by atoms with Crippen molar-refractivity contribution in [1.29, 1.82) is 0 Å². The van der Waals surface area contributed by atoms with E-state index in [1.54, 1.807) is 11.9 Å². The van der Waals surface area contributed by atoms with Crippen LogP contribution in [0.4, 0.5) is 0 Å². The second kappa shape index (κ2) is 10.3. The summed E-state index contributed by atoms with van der Waals surface area (Å²) in [6.07, 6.45) is 8.42. The molecule has 0 amide bonds. The summed E-state index contributed by atoms with van der Waals surface area (Å²) in [4.78, 5) is 9.46. The minimum Gasteiger partial charge on any atom is -0.315 e. The van der Waals surface area contributed by atoms with Crippen molar-refractivity contribution in [2.45, 2.75) is 24.3 Å². The highest BCUT2D eigenvalue weighted by molar-refractivity contribution is 7.97. The zero-order valence-corrected chi connectivity index (χ0v) is 17.9. The van der Waals surface area contributed by atoms with E-state index in [1.165, 1.54) is 32.4 Å². The average molecular weight is 415 g/mol. The predicted octanol–water partition coefficient (Wildman–Crippen LogP) is 5.11. The van der Waals surface area contributed by atoms with E-state index < -0.39 is 0 Å². The molecule has 152 valence electrons. The quantitative estimate of drug-likeness (QED) is 0.294. The van der Waals surface area contributed by atoms with Crippen molar-refractivity contribution in [2.24, 2.45) is 0 Å². The monoisotopic (exact) mass is 414 g/mol. The van der Waals surface area contributed by atoms with Gasteiger partial charge in [0.2, 0.25) is 0 Å². The molecule has 2 aromatic carbocycles. The fourth-order valence-corrected chi connectivity index (χ4v) is 4.04. The first-order chi connectivity index (χ1) is 14.8. The Morgan fingerprint density at radius 1 is 0.833 bits per heavy atom. The Labute approximate surface area is 182 Å². The Morgan fingerprint density at radius 2 is 1.60 bits per heavy atom. The first-order valence-electron chi connectivity index (χ1n) is 10.2. The molecule has 30 heavy (non-hydrogen) atoms. The lowest BCUT2D eigenvalue weighted by molar-refractivity contribution is 0.586. The largest absolute Gasteiger partial charge is 0.315 e. The van der Waals surface area contributed by atoms with Gasteiger partial charge in [-0.15, -0.1) is 0 Å². The maximum atomic E-state index is 4.17. The van der Waals surface area contributed by atoms with E-state index in [-0.39, 0.29) is 0 Å². The molecule has 0 aliphatic carbocycles. The number of aromatic nitrogens is 2. The Bertz CT molecular complexity index is 1070. The number of fused-ring (bicyclic) bond motifs is 1. The van der Waals surface area contributed by atoms with Crippen molar-refractivity contribution in [3.05, 3.63) is 91.0 Å². The maximum Gasteiger partial charge on any atom is 0.0346 e. The highest BCUT2D eigenvalue weighted by atomic mass is 32.2. The van der Waals surface area contributed by atoms with E-state index >= 15 is 0 Å². The first kappa shape index (κ1) is 20.5. The zero-order valence-electron chi connectivity index (χ0n) is 17.1. The standard InChI is InChI=1S/C25H26N4S/c1-19(29-30-25-7-6-24-18-28-15-11-23(24)16-25)17-27-12-8-20-2-4-21(5-3-20)22-9-13-26-14-10-22/h2-7,9-11,13-16,18-19,27,29H,8,12,17H2,1H3. The minimum atomic E-state index is 0.372. The summed E-state index contributed by atoms with van der Waals surface area (Å²) >= 11 is 1.68. The predicted molar refractivity (Wildman–Crippen MR) is 126 cm³/mol. The van der Waals surface area contributed by atoms with E-state index in [4.69, 9.17) is 0 Å². The molecule has 0 spiro atoms. The first-order valence-corrected chi connectivity index (χ1v) is 11.1. The topological polar surface area (TPSA) is 49.8 Å². The van der Waals surface area contributed by atoms with Gasteiger partial charge in [-0.05, 0) is 84.2 Å². The Hall–Kier alpha value is -2.73. The Kier molecular flexibility index (Phi) is 7.08. The van der Waals surface area contributed by atoms with Crippen molar-refractivity contribution in [3.8, 4) is 11.1 Å². The van der Waals surface area contributed by atoms with Gasteiger partial charge in [-0.3, -0.25) is 14.7 Å². The molecular weight excluding hydrogens is 388 g/mol. The molecule has 0 saturated heterocycles. The van der Waals surface area contributed by atoms with Gasteiger partial charge in [-0.25, -0.2) is 0 Å². The second-order valence-corrected chi connectivity index (χ2v) is 8.30. The number of rotatable bonds is 9. The molecule has 1 atom stereocenters. The van der Waals surface area contributed by atoms with Crippen molar-refractivity contribution >= 4 is 22.7 Å². The van der Waals surface area contributed by atoms with Gasteiger partial charge in [-0.2, -0.15) is 0 Å². The molecule has 0 aliphatic heterocycles. The number of hydrogen-bond donors (Lipinski definition) is 2. The molecular formula is C25H26N4S. The third kappa shape index (κ3) is 5.66. The average Bonchev–Trinajstić information content (AvgIpc) is 2.81. The van der Waals surface area contributed by atoms with Crippen LogP contribution in [-0.4, -0.2) is 29.1 Å². The summed E-state index contributed by atoms with van der Waals surface area (Å²) in [7, 11) is 0. The van der Waals surface area contributed by atoms with Crippen LogP contribution in [0.25, 0.3) is 21.9 Å². The lowest BCUT2D eigenvalue weighted by Crippen LogP contribution is -2.33. The molecule has 4 aromatic rings. The third-order valence-corrected chi connectivity index (χ3v) is 6.01. The smallest absolute Gasteiger partial charge is 0.0346 e. The second-order valence-electron chi connectivity index (χ2n) is 7.39. The number of benzene rings is 2. The van der Waals surface area contributed by atoms with E-state index in [0.717, 1.165) is 19.5 Å².